The van der Waals surface area contributed by atoms with Crippen molar-refractivity contribution in [1.82, 2.24) is 8.96 Å². The summed E-state index contributed by atoms with van der Waals surface area (Å²) in [5.41, 5.74) is 2.09. The lowest BCUT2D eigenvalue weighted by atomic mass is 10.1. The third kappa shape index (κ3) is 3.62. The fraction of sp³-hybridized carbons (Fsp3) is 0.0435. The van der Waals surface area contributed by atoms with Crippen molar-refractivity contribution in [3.8, 4) is 11.4 Å². The number of aryl methyl sites for hydroxylation is 1. The molecule has 29 heavy (non-hydrogen) atoms. The largest absolute Gasteiger partial charge is 0.287 e. The highest BCUT2D eigenvalue weighted by Crippen LogP contribution is 2.25. The Bertz CT molecular complexity index is 1280. The normalized spacial score (nSPS) is 11.3. The Morgan fingerprint density at radius 2 is 1.52 bits per heavy atom. The van der Waals surface area contributed by atoms with Gasteiger partial charge in [0.05, 0.1) is 11.1 Å². The van der Waals surface area contributed by atoms with Crippen LogP contribution < -0.4 is 0 Å². The monoisotopic (exact) mass is 402 g/mol. The van der Waals surface area contributed by atoms with Crippen molar-refractivity contribution in [2.45, 2.75) is 11.8 Å². The Morgan fingerprint density at radius 3 is 2.17 bits per heavy atom. The lowest BCUT2D eigenvalue weighted by molar-refractivity contribution is 0.103. The number of ketones is 1. The van der Waals surface area contributed by atoms with Crippen molar-refractivity contribution in [2.24, 2.45) is 0 Å². The maximum atomic E-state index is 13.3. The third-order valence-corrected chi connectivity index (χ3v) is 6.18. The highest BCUT2D eigenvalue weighted by molar-refractivity contribution is 7.90. The first-order valence-electron chi connectivity index (χ1n) is 9.03. The van der Waals surface area contributed by atoms with Gasteiger partial charge in [-0.3, -0.25) is 4.79 Å². The predicted octanol–water partition coefficient (Wildman–Crippen LogP) is 4.33. The van der Waals surface area contributed by atoms with E-state index in [2.05, 4.69) is 4.98 Å². The minimum atomic E-state index is -3.92. The standard InChI is InChI=1S/C23H18N2O3S/c1-17-9-8-12-19(15-17)22(26)21-16-25(23(24-21)18-10-4-2-5-11-18)29(27,28)20-13-6-3-7-14-20/h2-16H,1H3. The van der Waals surface area contributed by atoms with Gasteiger partial charge in [0.25, 0.3) is 10.0 Å². The molecule has 0 N–H and O–H groups in total. The van der Waals surface area contributed by atoms with E-state index in [9.17, 15) is 13.2 Å². The molecule has 4 rings (SSSR count). The molecule has 0 radical (unpaired) electrons. The average molecular weight is 402 g/mol. The van der Waals surface area contributed by atoms with Gasteiger partial charge in [0.1, 0.15) is 5.69 Å². The van der Waals surface area contributed by atoms with Crippen LogP contribution in [0.2, 0.25) is 0 Å². The van der Waals surface area contributed by atoms with Crippen molar-refractivity contribution in [3.05, 3.63) is 108 Å². The SMILES string of the molecule is Cc1cccc(C(=O)c2cn(S(=O)(=O)c3ccccc3)c(-c3ccccc3)n2)c1. The van der Waals surface area contributed by atoms with E-state index in [1.807, 2.05) is 19.1 Å². The summed E-state index contributed by atoms with van der Waals surface area (Å²) >= 11 is 0. The number of aromatic nitrogens is 2. The van der Waals surface area contributed by atoms with E-state index < -0.39 is 10.0 Å². The van der Waals surface area contributed by atoms with Crippen LogP contribution in [0.25, 0.3) is 11.4 Å². The van der Waals surface area contributed by atoms with Crippen LogP contribution in [0.3, 0.4) is 0 Å². The molecule has 6 heteroatoms. The van der Waals surface area contributed by atoms with Crippen LogP contribution in [0.4, 0.5) is 0 Å². The summed E-state index contributed by atoms with van der Waals surface area (Å²) in [5, 5.41) is 0. The van der Waals surface area contributed by atoms with Gasteiger partial charge in [0.15, 0.2) is 5.82 Å². The Kier molecular flexibility index (Phi) is 4.86. The Hall–Kier alpha value is -3.51. The van der Waals surface area contributed by atoms with E-state index in [-0.39, 0.29) is 22.2 Å². The smallest absolute Gasteiger partial charge is 0.269 e. The lowest BCUT2D eigenvalue weighted by Crippen LogP contribution is -2.13. The number of benzene rings is 3. The van der Waals surface area contributed by atoms with E-state index in [0.717, 1.165) is 9.54 Å². The summed E-state index contributed by atoms with van der Waals surface area (Å²) in [6.45, 7) is 1.89. The molecular weight excluding hydrogens is 384 g/mol. The molecule has 0 saturated heterocycles. The molecule has 0 aliphatic carbocycles. The van der Waals surface area contributed by atoms with Gasteiger partial charge in [-0.2, -0.15) is 0 Å². The highest BCUT2D eigenvalue weighted by Gasteiger charge is 2.25. The van der Waals surface area contributed by atoms with Crippen LogP contribution >= 0.6 is 0 Å². The van der Waals surface area contributed by atoms with Crippen molar-refractivity contribution < 1.29 is 13.2 Å². The van der Waals surface area contributed by atoms with Crippen LogP contribution in [0.15, 0.2) is 96.0 Å². The van der Waals surface area contributed by atoms with Crippen LogP contribution in [0.1, 0.15) is 21.6 Å². The van der Waals surface area contributed by atoms with Gasteiger partial charge in [-0.25, -0.2) is 17.4 Å². The summed E-state index contributed by atoms with van der Waals surface area (Å²) in [5.74, 6) is -0.127. The summed E-state index contributed by atoms with van der Waals surface area (Å²) in [4.78, 5) is 17.5. The topological polar surface area (TPSA) is 69.0 Å². The van der Waals surface area contributed by atoms with Crippen molar-refractivity contribution in [3.63, 3.8) is 0 Å². The number of rotatable bonds is 5. The summed E-state index contributed by atoms with van der Waals surface area (Å²) in [6.07, 6.45) is 1.30. The predicted molar refractivity (Wildman–Crippen MR) is 111 cm³/mol. The minimum absolute atomic E-state index is 0.0777. The number of carbonyl (C=O) groups is 1. The number of imidazole rings is 1. The molecule has 0 saturated carbocycles. The first kappa shape index (κ1) is 18.8. The second-order valence-corrected chi connectivity index (χ2v) is 8.44. The van der Waals surface area contributed by atoms with Gasteiger partial charge in [0.2, 0.25) is 5.78 Å². The maximum absolute atomic E-state index is 13.3. The number of carbonyl (C=O) groups excluding carboxylic acids is 1. The van der Waals surface area contributed by atoms with Crippen LogP contribution in [0.5, 0.6) is 0 Å². The zero-order valence-corrected chi connectivity index (χ0v) is 16.5. The molecule has 0 spiro atoms. The molecule has 144 valence electrons. The zero-order chi connectivity index (χ0) is 20.4. The van der Waals surface area contributed by atoms with E-state index in [0.29, 0.717) is 11.1 Å². The molecule has 0 unspecified atom stereocenters. The molecule has 0 bridgehead atoms. The Balaban J connectivity index is 1.90. The number of hydrogen-bond acceptors (Lipinski definition) is 4. The van der Waals surface area contributed by atoms with Crippen LogP contribution in [0, 0.1) is 6.92 Å². The molecule has 5 nitrogen and oxygen atoms in total. The first-order chi connectivity index (χ1) is 14.0. The van der Waals surface area contributed by atoms with Crippen molar-refractivity contribution in [1.29, 1.82) is 0 Å². The van der Waals surface area contributed by atoms with Gasteiger partial charge in [-0.1, -0.05) is 72.3 Å². The molecule has 4 aromatic rings. The molecule has 0 aliphatic heterocycles. The van der Waals surface area contributed by atoms with Crippen molar-refractivity contribution in [2.75, 3.05) is 0 Å². The van der Waals surface area contributed by atoms with Crippen molar-refractivity contribution >= 4 is 15.8 Å². The number of nitrogens with zero attached hydrogens (tertiary/aromatic N) is 2. The minimum Gasteiger partial charge on any atom is -0.287 e. The van der Waals surface area contributed by atoms with E-state index in [4.69, 9.17) is 0 Å². The second kappa shape index (κ2) is 7.48. The second-order valence-electron chi connectivity index (χ2n) is 6.63. The molecule has 0 aliphatic rings. The summed E-state index contributed by atoms with van der Waals surface area (Å²) in [6, 6.07) is 24.2. The third-order valence-electron chi connectivity index (χ3n) is 4.52. The molecule has 1 aromatic heterocycles. The molecule has 0 fully saturated rings. The molecule has 0 atom stereocenters. The van der Waals surface area contributed by atoms with Crippen LogP contribution in [-0.4, -0.2) is 23.2 Å². The zero-order valence-electron chi connectivity index (χ0n) is 15.7. The molecule has 3 aromatic carbocycles. The van der Waals surface area contributed by atoms with Gasteiger partial charge in [-0.15, -0.1) is 0 Å². The van der Waals surface area contributed by atoms with Gasteiger partial charge < -0.3 is 0 Å². The first-order valence-corrected chi connectivity index (χ1v) is 10.5. The Morgan fingerprint density at radius 1 is 0.862 bits per heavy atom. The van der Waals surface area contributed by atoms with Gasteiger partial charge >= 0.3 is 0 Å². The van der Waals surface area contributed by atoms with E-state index in [1.165, 1.54) is 18.3 Å². The summed E-state index contributed by atoms with van der Waals surface area (Å²) in [7, 11) is -3.92. The maximum Gasteiger partial charge on any atom is 0.269 e. The highest BCUT2D eigenvalue weighted by atomic mass is 32.2. The number of hydrogen-bond donors (Lipinski definition) is 0. The van der Waals surface area contributed by atoms with Gasteiger partial charge in [-0.05, 0) is 25.1 Å². The van der Waals surface area contributed by atoms with E-state index >= 15 is 0 Å². The lowest BCUT2D eigenvalue weighted by Gasteiger charge is -2.09. The molecule has 0 amide bonds. The average Bonchev–Trinajstić information content (AvgIpc) is 3.21. The van der Waals surface area contributed by atoms with Crippen LogP contribution in [-0.2, 0) is 10.0 Å². The fourth-order valence-electron chi connectivity index (χ4n) is 3.08. The van der Waals surface area contributed by atoms with E-state index in [1.54, 1.807) is 60.7 Å². The Labute approximate surface area is 169 Å². The van der Waals surface area contributed by atoms with Gasteiger partial charge in [0, 0.05) is 11.1 Å². The summed E-state index contributed by atoms with van der Waals surface area (Å²) < 4.78 is 27.6. The molecule has 1 heterocycles. The molecular formula is C23H18N2O3S. The quantitative estimate of drug-likeness (QED) is 0.466. The fourth-order valence-corrected chi connectivity index (χ4v) is 4.42.